The van der Waals surface area contributed by atoms with Crippen LogP contribution in [0.25, 0.3) is 0 Å². The first kappa shape index (κ1) is 18.4. The van der Waals surface area contributed by atoms with Crippen LogP contribution >= 0.6 is 19.2 Å². The quantitative estimate of drug-likeness (QED) is 0.426. The van der Waals surface area contributed by atoms with Gasteiger partial charge in [0.2, 0.25) is 0 Å². The molecule has 24 heavy (non-hydrogen) atoms. The van der Waals surface area contributed by atoms with Gasteiger partial charge in [0.05, 0.1) is 4.92 Å². The number of nitro groups is 1. The topological polar surface area (TPSA) is 90.7 Å². The molecule has 1 N–H and O–H groups in total. The summed E-state index contributed by atoms with van der Waals surface area (Å²) < 4.78 is 23.1. The molecule has 0 spiro atoms. The van der Waals surface area contributed by atoms with Crippen molar-refractivity contribution in [2.75, 3.05) is 19.5 Å². The third-order valence-electron chi connectivity index (χ3n) is 3.37. The molecule has 0 aromatic heterocycles. The summed E-state index contributed by atoms with van der Waals surface area (Å²) in [5.74, 6) is -0.855. The molecular formula is C15H16ClN2O5P. The summed E-state index contributed by atoms with van der Waals surface area (Å²) >= 11 is 5.89. The molecule has 0 aliphatic rings. The third-order valence-corrected chi connectivity index (χ3v) is 5.70. The van der Waals surface area contributed by atoms with E-state index in [9.17, 15) is 14.7 Å². The zero-order valence-corrected chi connectivity index (χ0v) is 14.7. The molecule has 0 aliphatic carbocycles. The van der Waals surface area contributed by atoms with E-state index in [-0.39, 0.29) is 5.69 Å². The first-order valence-electron chi connectivity index (χ1n) is 6.87. The summed E-state index contributed by atoms with van der Waals surface area (Å²) in [7, 11) is -0.996. The Morgan fingerprint density at radius 3 is 2.33 bits per heavy atom. The number of halogens is 1. The molecule has 2 aromatic rings. The van der Waals surface area contributed by atoms with Crippen LogP contribution in [0, 0.1) is 10.1 Å². The van der Waals surface area contributed by atoms with Gasteiger partial charge in [0.1, 0.15) is 0 Å². The van der Waals surface area contributed by atoms with Crippen LogP contribution in [0.5, 0.6) is 0 Å². The maximum absolute atomic E-state index is 12.9. The van der Waals surface area contributed by atoms with E-state index >= 15 is 0 Å². The number of rotatable bonds is 7. The number of benzene rings is 2. The molecule has 0 radical (unpaired) electrons. The number of hydrogen-bond acceptors (Lipinski definition) is 6. The van der Waals surface area contributed by atoms with Crippen molar-refractivity contribution in [3.05, 3.63) is 69.2 Å². The SMILES string of the molecule is COP(=O)(OC)C(Nc1cccc([N+](=O)[O-])c1)c1ccc(Cl)cc1. The number of anilines is 1. The van der Waals surface area contributed by atoms with Crippen molar-refractivity contribution < 1.29 is 18.5 Å². The average Bonchev–Trinajstić information content (AvgIpc) is 2.60. The van der Waals surface area contributed by atoms with E-state index in [1.54, 1.807) is 30.3 Å². The maximum Gasteiger partial charge on any atom is 0.356 e. The van der Waals surface area contributed by atoms with Gasteiger partial charge in [0.15, 0.2) is 5.78 Å². The monoisotopic (exact) mass is 370 g/mol. The summed E-state index contributed by atoms with van der Waals surface area (Å²) in [4.78, 5) is 10.4. The molecule has 0 heterocycles. The molecule has 0 aliphatic heterocycles. The van der Waals surface area contributed by atoms with Crippen molar-refractivity contribution in [2.24, 2.45) is 0 Å². The van der Waals surface area contributed by atoms with E-state index in [1.165, 1.54) is 32.4 Å². The van der Waals surface area contributed by atoms with Crippen LogP contribution in [0.3, 0.4) is 0 Å². The van der Waals surface area contributed by atoms with Gasteiger partial charge in [0, 0.05) is 37.1 Å². The minimum absolute atomic E-state index is 0.0838. The highest BCUT2D eigenvalue weighted by molar-refractivity contribution is 7.54. The first-order chi connectivity index (χ1) is 11.4. The van der Waals surface area contributed by atoms with Crippen LogP contribution in [-0.4, -0.2) is 19.1 Å². The molecule has 0 saturated heterocycles. The molecule has 0 saturated carbocycles. The molecule has 2 aromatic carbocycles. The molecule has 7 nitrogen and oxygen atoms in total. The molecule has 9 heteroatoms. The van der Waals surface area contributed by atoms with Crippen molar-refractivity contribution in [2.45, 2.75) is 5.78 Å². The summed E-state index contributed by atoms with van der Waals surface area (Å²) in [6, 6.07) is 12.5. The lowest BCUT2D eigenvalue weighted by molar-refractivity contribution is -0.384. The van der Waals surface area contributed by atoms with Crippen molar-refractivity contribution in [1.82, 2.24) is 0 Å². The lowest BCUT2D eigenvalue weighted by Crippen LogP contribution is -2.13. The van der Waals surface area contributed by atoms with Crippen LogP contribution in [0.15, 0.2) is 48.5 Å². The van der Waals surface area contributed by atoms with Gasteiger partial charge < -0.3 is 14.4 Å². The molecule has 0 fully saturated rings. The number of nitrogens with one attached hydrogen (secondary N) is 1. The fourth-order valence-corrected chi connectivity index (χ4v) is 3.68. The van der Waals surface area contributed by atoms with Gasteiger partial charge >= 0.3 is 7.60 Å². The van der Waals surface area contributed by atoms with Crippen LogP contribution in [0.4, 0.5) is 11.4 Å². The second-order valence-electron chi connectivity index (χ2n) is 4.81. The minimum Gasteiger partial charge on any atom is -0.368 e. The Hall–Kier alpha value is -1.92. The first-order valence-corrected chi connectivity index (χ1v) is 8.86. The largest absolute Gasteiger partial charge is 0.368 e. The molecule has 0 amide bonds. The van der Waals surface area contributed by atoms with E-state index in [2.05, 4.69) is 5.32 Å². The molecule has 2 rings (SSSR count). The van der Waals surface area contributed by atoms with E-state index < -0.39 is 18.3 Å². The Kier molecular flexibility index (Phi) is 5.96. The predicted octanol–water partition coefficient (Wildman–Crippen LogP) is 4.84. The zero-order chi connectivity index (χ0) is 17.7. The van der Waals surface area contributed by atoms with Gasteiger partial charge in [-0.05, 0) is 23.8 Å². The Bertz CT molecular complexity index is 761. The van der Waals surface area contributed by atoms with E-state index in [1.807, 2.05) is 0 Å². The lowest BCUT2D eigenvalue weighted by atomic mass is 10.2. The minimum atomic E-state index is -3.56. The van der Waals surface area contributed by atoms with Crippen LogP contribution in [0.2, 0.25) is 5.02 Å². The maximum atomic E-state index is 12.9. The summed E-state index contributed by atoms with van der Waals surface area (Å²) in [5, 5.41) is 14.4. The van der Waals surface area contributed by atoms with Crippen molar-refractivity contribution >= 4 is 30.6 Å². The van der Waals surface area contributed by atoms with Crippen LogP contribution in [0.1, 0.15) is 11.3 Å². The van der Waals surface area contributed by atoms with E-state index in [0.29, 0.717) is 16.3 Å². The molecule has 0 bridgehead atoms. The Labute approximate surface area is 144 Å². The second kappa shape index (κ2) is 7.77. The predicted molar refractivity (Wildman–Crippen MR) is 92.5 cm³/mol. The number of non-ortho nitro benzene ring substituents is 1. The highest BCUT2D eigenvalue weighted by Crippen LogP contribution is 2.59. The van der Waals surface area contributed by atoms with Gasteiger partial charge in [-0.15, -0.1) is 0 Å². The van der Waals surface area contributed by atoms with Gasteiger partial charge in [-0.2, -0.15) is 0 Å². The third kappa shape index (κ3) is 4.13. The number of nitro benzene ring substituents is 1. The van der Waals surface area contributed by atoms with Crippen molar-refractivity contribution in [3.8, 4) is 0 Å². The Morgan fingerprint density at radius 2 is 1.79 bits per heavy atom. The van der Waals surface area contributed by atoms with Gasteiger partial charge in [-0.3, -0.25) is 14.7 Å². The lowest BCUT2D eigenvalue weighted by Gasteiger charge is -2.26. The Morgan fingerprint density at radius 1 is 1.17 bits per heavy atom. The summed E-state index contributed by atoms with van der Waals surface area (Å²) in [5.41, 5.74) is 0.941. The molecular weight excluding hydrogens is 355 g/mol. The zero-order valence-electron chi connectivity index (χ0n) is 13.0. The van der Waals surface area contributed by atoms with Gasteiger partial charge in [-0.1, -0.05) is 29.8 Å². The molecule has 128 valence electrons. The second-order valence-corrected chi connectivity index (χ2v) is 7.57. The fourth-order valence-electron chi connectivity index (χ4n) is 2.14. The Balaban J connectivity index is 2.43. The van der Waals surface area contributed by atoms with E-state index in [4.69, 9.17) is 20.6 Å². The fraction of sp³-hybridized carbons (Fsp3) is 0.200. The smallest absolute Gasteiger partial charge is 0.356 e. The molecule has 1 atom stereocenters. The highest BCUT2D eigenvalue weighted by atomic mass is 35.5. The van der Waals surface area contributed by atoms with Crippen molar-refractivity contribution in [3.63, 3.8) is 0 Å². The molecule has 1 unspecified atom stereocenters. The number of hydrogen-bond donors (Lipinski definition) is 1. The van der Waals surface area contributed by atoms with Gasteiger partial charge in [0.25, 0.3) is 5.69 Å². The van der Waals surface area contributed by atoms with Gasteiger partial charge in [-0.25, -0.2) is 0 Å². The highest BCUT2D eigenvalue weighted by Gasteiger charge is 2.35. The average molecular weight is 371 g/mol. The van der Waals surface area contributed by atoms with Crippen LogP contribution in [-0.2, 0) is 13.6 Å². The normalized spacial score (nSPS) is 12.6. The standard InChI is InChI=1S/C15H16ClN2O5P/c1-22-24(21,23-2)15(11-6-8-12(16)9-7-11)17-13-4-3-5-14(10-13)18(19)20/h3-10,15,17H,1-2H3. The van der Waals surface area contributed by atoms with Crippen molar-refractivity contribution in [1.29, 1.82) is 0 Å². The summed E-state index contributed by atoms with van der Waals surface area (Å²) in [6.45, 7) is 0. The van der Waals surface area contributed by atoms with E-state index in [0.717, 1.165) is 0 Å². The number of nitrogens with zero attached hydrogens (tertiary/aromatic N) is 1. The van der Waals surface area contributed by atoms with Crippen LogP contribution < -0.4 is 5.32 Å². The summed E-state index contributed by atoms with van der Waals surface area (Å²) in [6.07, 6.45) is 0.